The number of carbonyl (C=O) groups is 2. The number of hydrogen-bond acceptors (Lipinski definition) is 5. The Morgan fingerprint density at radius 2 is 1.06 bits per heavy atom. The van der Waals surface area contributed by atoms with E-state index in [2.05, 4.69) is 20.8 Å². The second-order valence-electron chi connectivity index (χ2n) is 10.7. The first-order valence-corrected chi connectivity index (χ1v) is 15.0. The molecule has 0 aliphatic carbocycles. The predicted molar refractivity (Wildman–Crippen MR) is 145 cm³/mol. The van der Waals surface area contributed by atoms with Crippen LogP contribution in [0.15, 0.2) is 0 Å². The van der Waals surface area contributed by atoms with E-state index in [1.807, 2.05) is 0 Å². The van der Waals surface area contributed by atoms with Gasteiger partial charge >= 0.3 is 11.9 Å². The lowest BCUT2D eigenvalue weighted by Crippen LogP contribution is -2.28. The zero-order chi connectivity index (χ0) is 26.0. The molecule has 35 heavy (non-hydrogen) atoms. The van der Waals surface area contributed by atoms with E-state index < -0.39 is 6.10 Å². The first kappa shape index (κ1) is 33.9. The normalized spacial score (nSPS) is 12.1. The topological polar surface area (TPSA) is 72.8 Å². The highest BCUT2D eigenvalue weighted by Gasteiger charge is 2.16. The summed E-state index contributed by atoms with van der Waals surface area (Å²) in [5, 5.41) is 9.44. The Morgan fingerprint density at radius 3 is 1.51 bits per heavy atom. The third-order valence-electron chi connectivity index (χ3n) is 6.58. The van der Waals surface area contributed by atoms with Gasteiger partial charge in [0.25, 0.3) is 0 Å². The van der Waals surface area contributed by atoms with Crippen molar-refractivity contribution in [3.63, 3.8) is 0 Å². The van der Waals surface area contributed by atoms with Crippen LogP contribution in [0.25, 0.3) is 0 Å². The molecule has 0 saturated heterocycles. The Labute approximate surface area is 217 Å². The van der Waals surface area contributed by atoms with Crippen LogP contribution in [-0.4, -0.2) is 36.4 Å². The maximum Gasteiger partial charge on any atom is 0.306 e. The molecule has 0 aliphatic heterocycles. The second-order valence-corrected chi connectivity index (χ2v) is 10.7. The highest BCUT2D eigenvalue weighted by Crippen LogP contribution is 2.14. The van der Waals surface area contributed by atoms with Gasteiger partial charge in [0.15, 0.2) is 6.10 Å². The zero-order valence-electron chi connectivity index (χ0n) is 23.5. The smallest absolute Gasteiger partial charge is 0.306 e. The Kier molecular flexibility index (Phi) is 25.2. The lowest BCUT2D eigenvalue weighted by atomic mass is 10.0. The molecule has 208 valence electrons. The van der Waals surface area contributed by atoms with Gasteiger partial charge in [-0.25, -0.2) is 0 Å². The van der Waals surface area contributed by atoms with Crippen LogP contribution in [0.3, 0.4) is 0 Å². The molecule has 0 rings (SSSR count). The van der Waals surface area contributed by atoms with Gasteiger partial charge in [0, 0.05) is 12.8 Å². The van der Waals surface area contributed by atoms with E-state index in [0.29, 0.717) is 12.8 Å². The Hall–Kier alpha value is -1.10. The summed E-state index contributed by atoms with van der Waals surface area (Å²) in [5.41, 5.74) is 0. The maximum absolute atomic E-state index is 12.0. The number of carbonyl (C=O) groups excluding carboxylic acids is 2. The fourth-order valence-corrected chi connectivity index (χ4v) is 4.27. The summed E-state index contributed by atoms with van der Waals surface area (Å²) in [6.45, 7) is 6.38. The molecule has 1 N–H and O–H groups in total. The van der Waals surface area contributed by atoms with Crippen molar-refractivity contribution in [3.8, 4) is 0 Å². The van der Waals surface area contributed by atoms with Gasteiger partial charge < -0.3 is 14.6 Å². The Bertz CT molecular complexity index is 477. The van der Waals surface area contributed by atoms with Crippen LogP contribution in [0.5, 0.6) is 0 Å². The van der Waals surface area contributed by atoms with Gasteiger partial charge in [0.1, 0.15) is 6.61 Å². The van der Waals surface area contributed by atoms with Gasteiger partial charge in [-0.05, 0) is 18.8 Å². The Balaban J connectivity index is 3.59. The van der Waals surface area contributed by atoms with Crippen LogP contribution in [0.2, 0.25) is 0 Å². The molecule has 0 spiro atoms. The minimum atomic E-state index is -0.760. The predicted octanol–water partition coefficient (Wildman–Crippen LogP) is 8.30. The lowest BCUT2D eigenvalue weighted by Gasteiger charge is -2.15. The summed E-state index contributed by atoms with van der Waals surface area (Å²) in [4.78, 5) is 23.9. The number of unbranched alkanes of at least 4 members (excludes halogenated alkanes) is 16. The van der Waals surface area contributed by atoms with E-state index >= 15 is 0 Å². The lowest BCUT2D eigenvalue weighted by molar-refractivity contribution is -0.161. The van der Waals surface area contributed by atoms with Crippen molar-refractivity contribution in [1.29, 1.82) is 0 Å². The molecule has 0 aromatic heterocycles. The highest BCUT2D eigenvalue weighted by atomic mass is 16.6. The molecule has 0 radical (unpaired) electrons. The van der Waals surface area contributed by atoms with E-state index in [0.717, 1.165) is 44.4 Å². The van der Waals surface area contributed by atoms with Gasteiger partial charge in [-0.1, -0.05) is 130 Å². The molecular weight excluding hydrogens is 440 g/mol. The van der Waals surface area contributed by atoms with Crippen LogP contribution in [0.1, 0.15) is 156 Å². The molecule has 1 atom stereocenters. The van der Waals surface area contributed by atoms with Crippen molar-refractivity contribution in [2.75, 3.05) is 13.2 Å². The number of aliphatic hydroxyl groups is 1. The molecule has 0 bridgehead atoms. The third kappa shape index (κ3) is 25.8. The number of esters is 2. The first-order valence-electron chi connectivity index (χ1n) is 15.0. The SMILES string of the molecule is CCCCCCCCCCCCCCC(=O)O[C@@H](CO)COC(=O)CCCCCCCCC(C)C. The molecule has 5 nitrogen and oxygen atoms in total. The molecule has 0 aliphatic rings. The molecule has 0 heterocycles. The summed E-state index contributed by atoms with van der Waals surface area (Å²) >= 11 is 0. The summed E-state index contributed by atoms with van der Waals surface area (Å²) in [6.07, 6.45) is 23.1. The van der Waals surface area contributed by atoms with Gasteiger partial charge in [0.05, 0.1) is 6.61 Å². The monoisotopic (exact) mass is 498 g/mol. The average molecular weight is 499 g/mol. The fourth-order valence-electron chi connectivity index (χ4n) is 4.27. The molecule has 0 aromatic carbocycles. The van der Waals surface area contributed by atoms with Crippen molar-refractivity contribution >= 4 is 11.9 Å². The van der Waals surface area contributed by atoms with Gasteiger partial charge in [-0.2, -0.15) is 0 Å². The third-order valence-corrected chi connectivity index (χ3v) is 6.58. The van der Waals surface area contributed by atoms with Crippen molar-refractivity contribution in [3.05, 3.63) is 0 Å². The first-order chi connectivity index (χ1) is 17.0. The number of hydrogen-bond donors (Lipinski definition) is 1. The van der Waals surface area contributed by atoms with E-state index in [9.17, 15) is 14.7 Å². The van der Waals surface area contributed by atoms with Crippen molar-refractivity contribution in [1.82, 2.24) is 0 Å². The summed E-state index contributed by atoms with van der Waals surface area (Å²) in [6, 6.07) is 0. The molecule has 5 heteroatoms. The molecule has 0 fully saturated rings. The van der Waals surface area contributed by atoms with Crippen LogP contribution in [-0.2, 0) is 19.1 Å². The van der Waals surface area contributed by atoms with E-state index in [-0.39, 0.29) is 25.2 Å². The highest BCUT2D eigenvalue weighted by molar-refractivity contribution is 5.70. The number of rotatable bonds is 26. The number of ether oxygens (including phenoxy) is 2. The largest absolute Gasteiger partial charge is 0.462 e. The standard InChI is InChI=1S/C30H58O5/c1-4-5-6-7-8-9-10-11-12-13-18-21-24-30(33)35-28(25-31)26-34-29(32)23-20-17-15-14-16-19-22-27(2)3/h27-28,31H,4-26H2,1-3H3/t28-/m0/s1. The Morgan fingerprint density at radius 1 is 0.629 bits per heavy atom. The summed E-state index contributed by atoms with van der Waals surface area (Å²) < 4.78 is 10.5. The zero-order valence-corrected chi connectivity index (χ0v) is 23.5. The molecule has 0 amide bonds. The minimum Gasteiger partial charge on any atom is -0.462 e. The fraction of sp³-hybridized carbons (Fsp3) is 0.933. The molecule has 0 aromatic rings. The van der Waals surface area contributed by atoms with Crippen LogP contribution in [0, 0.1) is 5.92 Å². The molecule has 0 saturated carbocycles. The second kappa shape index (κ2) is 26.0. The van der Waals surface area contributed by atoms with Crippen molar-refractivity contribution in [2.45, 2.75) is 162 Å². The number of aliphatic hydroxyl groups excluding tert-OH is 1. The summed E-state index contributed by atoms with van der Waals surface area (Å²) in [5.74, 6) is 0.186. The van der Waals surface area contributed by atoms with Gasteiger partial charge in [-0.3, -0.25) is 9.59 Å². The van der Waals surface area contributed by atoms with Gasteiger partial charge in [-0.15, -0.1) is 0 Å². The van der Waals surface area contributed by atoms with E-state index in [4.69, 9.17) is 9.47 Å². The van der Waals surface area contributed by atoms with Crippen LogP contribution in [0.4, 0.5) is 0 Å². The maximum atomic E-state index is 12.0. The summed E-state index contributed by atoms with van der Waals surface area (Å²) in [7, 11) is 0. The van der Waals surface area contributed by atoms with Crippen LogP contribution < -0.4 is 0 Å². The van der Waals surface area contributed by atoms with Crippen molar-refractivity contribution < 1.29 is 24.2 Å². The molecular formula is C30H58O5. The molecule has 0 unspecified atom stereocenters. The quantitative estimate of drug-likeness (QED) is 0.0959. The van der Waals surface area contributed by atoms with Crippen LogP contribution >= 0.6 is 0 Å². The van der Waals surface area contributed by atoms with Gasteiger partial charge in [0.2, 0.25) is 0 Å². The minimum absolute atomic E-state index is 0.0608. The van der Waals surface area contributed by atoms with Crippen molar-refractivity contribution in [2.24, 2.45) is 5.92 Å². The van der Waals surface area contributed by atoms with E-state index in [1.165, 1.54) is 83.5 Å². The van der Waals surface area contributed by atoms with E-state index in [1.54, 1.807) is 0 Å². The average Bonchev–Trinajstić information content (AvgIpc) is 2.83.